The number of hydrogen-bond donors (Lipinski definition) is 0. The first kappa shape index (κ1) is 38.4. The second-order valence-electron chi connectivity index (χ2n) is 17.9. The minimum Gasteiger partial charge on any atom is -0.311 e. The maximum Gasteiger partial charge on any atom is 0.252 e. The lowest BCUT2D eigenvalue weighted by Gasteiger charge is -2.45. The van der Waals surface area contributed by atoms with E-state index >= 15 is 0 Å². The molecule has 0 aromatic heterocycles. The molecule has 0 spiro atoms. The van der Waals surface area contributed by atoms with Gasteiger partial charge in [-0.1, -0.05) is 166 Å². The molecule has 302 valence electrons. The third kappa shape index (κ3) is 6.71. The fourth-order valence-electron chi connectivity index (χ4n) is 9.85. The summed E-state index contributed by atoms with van der Waals surface area (Å²) in [4.78, 5) is 7.46. The highest BCUT2D eigenvalue weighted by Gasteiger charge is 2.44. The topological polar surface area (TPSA) is 9.72 Å². The molecule has 9 aromatic carbocycles. The van der Waals surface area contributed by atoms with Crippen LogP contribution in [0.2, 0.25) is 0 Å². The van der Waals surface area contributed by atoms with Crippen molar-refractivity contribution in [2.45, 2.75) is 33.1 Å². The molecule has 0 aliphatic carbocycles. The Labute approximate surface area is 372 Å². The summed E-state index contributed by atoms with van der Waals surface area (Å²) in [5, 5.41) is 0. The largest absolute Gasteiger partial charge is 0.311 e. The van der Waals surface area contributed by atoms with Crippen LogP contribution in [0.15, 0.2) is 218 Å². The summed E-state index contributed by atoms with van der Waals surface area (Å²) in [6.07, 6.45) is 0. The minimum atomic E-state index is -0.0366. The SMILES string of the molecule is Cc1cc2c3c(c1)N(c1ccccc1-c1ccccc1)c1ccc(-c4ccccc4)cc1B3c1ccc(N(c3ccccc3)c3ccccc3)cc1N2c1ccc(C(C)(C)C)cc1. The van der Waals surface area contributed by atoms with Gasteiger partial charge in [-0.15, -0.1) is 0 Å². The van der Waals surface area contributed by atoms with Gasteiger partial charge in [0.15, 0.2) is 0 Å². The van der Waals surface area contributed by atoms with Crippen LogP contribution in [0.5, 0.6) is 0 Å². The molecule has 0 N–H and O–H groups in total. The van der Waals surface area contributed by atoms with Gasteiger partial charge < -0.3 is 14.7 Å². The van der Waals surface area contributed by atoms with Crippen molar-refractivity contribution >= 4 is 74.3 Å². The summed E-state index contributed by atoms with van der Waals surface area (Å²) < 4.78 is 0. The highest BCUT2D eigenvalue weighted by atomic mass is 15.2. The fourth-order valence-corrected chi connectivity index (χ4v) is 9.85. The number of para-hydroxylation sites is 3. The predicted molar refractivity (Wildman–Crippen MR) is 269 cm³/mol. The average molecular weight is 810 g/mol. The van der Waals surface area contributed by atoms with Crippen molar-refractivity contribution in [3.8, 4) is 22.3 Å². The number of hydrogen-bond acceptors (Lipinski definition) is 3. The Balaban J connectivity index is 1.21. The summed E-state index contributed by atoms with van der Waals surface area (Å²) in [6, 6.07) is 80.4. The maximum absolute atomic E-state index is 2.54. The van der Waals surface area contributed by atoms with E-state index in [2.05, 4.69) is 261 Å². The van der Waals surface area contributed by atoms with Gasteiger partial charge >= 0.3 is 0 Å². The second kappa shape index (κ2) is 15.4. The summed E-state index contributed by atoms with van der Waals surface area (Å²) >= 11 is 0. The molecule has 9 aromatic rings. The molecule has 11 rings (SSSR count). The fraction of sp³-hybridized carbons (Fsp3) is 0.0847. The van der Waals surface area contributed by atoms with Crippen LogP contribution in [0, 0.1) is 6.92 Å². The lowest BCUT2D eigenvalue weighted by Crippen LogP contribution is -2.61. The van der Waals surface area contributed by atoms with Crippen molar-refractivity contribution in [3.05, 3.63) is 230 Å². The summed E-state index contributed by atoms with van der Waals surface area (Å²) in [6.45, 7) is 9.08. The van der Waals surface area contributed by atoms with Gasteiger partial charge in [0, 0.05) is 51.1 Å². The molecule has 0 atom stereocenters. The van der Waals surface area contributed by atoms with Gasteiger partial charge in [0.2, 0.25) is 0 Å². The van der Waals surface area contributed by atoms with Gasteiger partial charge in [0.1, 0.15) is 0 Å². The van der Waals surface area contributed by atoms with E-state index in [4.69, 9.17) is 0 Å². The standard InChI is InChI=1S/C59H48BN3/c1-41-37-56-58-57(38-41)63(53-28-18-17-27-50(53)43-21-11-6-12-22-43)54-36-29-44(42-19-9-5-10-20-42)39-52(54)60(58)51-35-34-49(61(46-23-13-7-14-24-46)47-25-15-8-16-26-47)40-55(51)62(56)48-32-30-45(31-33-48)59(2,3)4/h5-40H,1-4H3. The first-order chi connectivity index (χ1) is 30.8. The molecule has 0 saturated heterocycles. The average Bonchev–Trinajstić information content (AvgIpc) is 3.32. The summed E-state index contributed by atoms with van der Waals surface area (Å²) in [5.74, 6) is 0. The van der Waals surface area contributed by atoms with Crippen LogP contribution in [0.1, 0.15) is 31.9 Å². The van der Waals surface area contributed by atoms with E-state index in [1.807, 2.05) is 0 Å². The molecule has 2 heterocycles. The van der Waals surface area contributed by atoms with E-state index in [9.17, 15) is 0 Å². The lowest BCUT2D eigenvalue weighted by atomic mass is 9.33. The molecule has 63 heavy (non-hydrogen) atoms. The molecule has 0 saturated carbocycles. The molecule has 0 unspecified atom stereocenters. The number of nitrogens with zero attached hydrogens (tertiary/aromatic N) is 3. The van der Waals surface area contributed by atoms with Gasteiger partial charge in [0.05, 0.1) is 5.69 Å². The Bertz CT molecular complexity index is 3070. The molecule has 0 fully saturated rings. The van der Waals surface area contributed by atoms with Crippen molar-refractivity contribution in [1.82, 2.24) is 0 Å². The van der Waals surface area contributed by atoms with Crippen LogP contribution in [0.3, 0.4) is 0 Å². The second-order valence-corrected chi connectivity index (χ2v) is 17.9. The molecule has 0 amide bonds. The zero-order chi connectivity index (χ0) is 42.7. The third-order valence-electron chi connectivity index (χ3n) is 12.8. The molecule has 0 bridgehead atoms. The lowest BCUT2D eigenvalue weighted by molar-refractivity contribution is 0.590. The van der Waals surface area contributed by atoms with Gasteiger partial charge in [0.25, 0.3) is 6.71 Å². The van der Waals surface area contributed by atoms with E-state index in [1.165, 1.54) is 72.5 Å². The zero-order valence-corrected chi connectivity index (χ0v) is 36.2. The summed E-state index contributed by atoms with van der Waals surface area (Å²) in [5.41, 5.74) is 21.6. The van der Waals surface area contributed by atoms with Gasteiger partial charge in [-0.05, 0) is 129 Å². The maximum atomic E-state index is 2.54. The van der Waals surface area contributed by atoms with Crippen molar-refractivity contribution in [2.24, 2.45) is 0 Å². The van der Waals surface area contributed by atoms with Crippen LogP contribution in [0.4, 0.5) is 51.2 Å². The van der Waals surface area contributed by atoms with E-state index < -0.39 is 0 Å². The van der Waals surface area contributed by atoms with Gasteiger partial charge in [-0.25, -0.2) is 0 Å². The van der Waals surface area contributed by atoms with Crippen molar-refractivity contribution in [2.75, 3.05) is 14.7 Å². The van der Waals surface area contributed by atoms with Crippen molar-refractivity contribution < 1.29 is 0 Å². The summed E-state index contributed by atoms with van der Waals surface area (Å²) in [7, 11) is 0. The molecule has 0 radical (unpaired) electrons. The molecular weight excluding hydrogens is 761 g/mol. The third-order valence-corrected chi connectivity index (χ3v) is 12.8. The van der Waals surface area contributed by atoms with E-state index in [0.717, 1.165) is 28.4 Å². The Morgan fingerprint density at radius 1 is 0.397 bits per heavy atom. The van der Waals surface area contributed by atoms with Crippen LogP contribution < -0.4 is 31.1 Å². The van der Waals surface area contributed by atoms with Crippen LogP contribution in [-0.4, -0.2) is 6.71 Å². The highest BCUT2D eigenvalue weighted by Crippen LogP contribution is 2.48. The van der Waals surface area contributed by atoms with Crippen LogP contribution in [0.25, 0.3) is 22.3 Å². The minimum absolute atomic E-state index is 0.0256. The Kier molecular flexibility index (Phi) is 9.39. The monoisotopic (exact) mass is 809 g/mol. The smallest absolute Gasteiger partial charge is 0.252 e. The van der Waals surface area contributed by atoms with E-state index in [0.29, 0.717) is 0 Å². The molecule has 2 aliphatic rings. The Morgan fingerprint density at radius 2 is 0.968 bits per heavy atom. The van der Waals surface area contributed by atoms with E-state index in [-0.39, 0.29) is 12.1 Å². The Hall–Kier alpha value is -7.56. The number of anilines is 9. The van der Waals surface area contributed by atoms with E-state index in [1.54, 1.807) is 0 Å². The first-order valence-electron chi connectivity index (χ1n) is 22.1. The normalized spacial score (nSPS) is 12.7. The first-order valence-corrected chi connectivity index (χ1v) is 22.1. The highest BCUT2D eigenvalue weighted by molar-refractivity contribution is 7.00. The number of aryl methyl sites for hydroxylation is 1. The molecular formula is C59H48BN3. The molecule has 4 heteroatoms. The van der Waals surface area contributed by atoms with Crippen LogP contribution >= 0.6 is 0 Å². The van der Waals surface area contributed by atoms with Gasteiger partial charge in [-0.3, -0.25) is 0 Å². The van der Waals surface area contributed by atoms with Crippen molar-refractivity contribution in [3.63, 3.8) is 0 Å². The van der Waals surface area contributed by atoms with Crippen molar-refractivity contribution in [1.29, 1.82) is 0 Å². The molecule has 3 nitrogen and oxygen atoms in total. The number of fused-ring (bicyclic) bond motifs is 4. The Morgan fingerprint density at radius 3 is 1.60 bits per heavy atom. The number of benzene rings is 9. The number of rotatable bonds is 7. The zero-order valence-electron chi connectivity index (χ0n) is 36.2. The predicted octanol–water partition coefficient (Wildman–Crippen LogP) is 14.2. The van der Waals surface area contributed by atoms with Crippen LogP contribution in [-0.2, 0) is 5.41 Å². The quantitative estimate of drug-likeness (QED) is 0.149. The van der Waals surface area contributed by atoms with Gasteiger partial charge in [-0.2, -0.15) is 0 Å². The molecule has 2 aliphatic heterocycles.